The number of anilines is 1. The monoisotopic (exact) mass is 520 g/mol. The van der Waals surface area contributed by atoms with Crippen LogP contribution in [-0.2, 0) is 20.9 Å². The number of hydrogen-bond donors (Lipinski definition) is 0. The van der Waals surface area contributed by atoms with E-state index in [0.29, 0.717) is 34.7 Å². The Kier molecular flexibility index (Phi) is 9.29. The van der Waals surface area contributed by atoms with E-state index in [4.69, 9.17) is 32.7 Å². The third kappa shape index (κ3) is 6.83. The summed E-state index contributed by atoms with van der Waals surface area (Å²) >= 11 is 12.1. The molecule has 0 bridgehead atoms. The number of carbonyl (C=O) groups excluding carboxylic acids is 2. The summed E-state index contributed by atoms with van der Waals surface area (Å²) in [6.07, 6.45) is 5.00. The van der Waals surface area contributed by atoms with E-state index in [9.17, 15) is 9.59 Å². The molecule has 1 aliphatic carbocycles. The van der Waals surface area contributed by atoms with Crippen molar-refractivity contribution in [1.82, 2.24) is 4.98 Å². The molecule has 0 spiro atoms. The van der Waals surface area contributed by atoms with Crippen molar-refractivity contribution in [3.8, 4) is 5.75 Å². The fourth-order valence-corrected chi connectivity index (χ4v) is 4.08. The third-order valence-corrected chi connectivity index (χ3v) is 5.85. The Morgan fingerprint density at radius 2 is 1.91 bits per heavy atom. The highest BCUT2D eigenvalue weighted by atomic mass is 35.5. The molecular formula is C26H27Cl2FN2O4. The van der Waals surface area contributed by atoms with E-state index in [0.717, 1.165) is 18.9 Å². The fraction of sp³-hybridized carbons (Fsp3) is 0.346. The number of carbonyl (C=O) groups is 2. The SMILES string of the molecule is C=CCOC(=O)C1=C(C(=O)N(Cc2ccc(Cl)nc2)c2cc(OC(C)C)c(Cl)cc2F)CCCC1. The van der Waals surface area contributed by atoms with Crippen LogP contribution in [0.3, 0.4) is 0 Å². The molecular weight excluding hydrogens is 494 g/mol. The molecule has 1 heterocycles. The highest BCUT2D eigenvalue weighted by Crippen LogP contribution is 2.36. The topological polar surface area (TPSA) is 68.7 Å². The number of aromatic nitrogens is 1. The van der Waals surface area contributed by atoms with E-state index in [-0.39, 0.29) is 35.7 Å². The van der Waals surface area contributed by atoms with Crippen LogP contribution in [0, 0.1) is 5.82 Å². The zero-order valence-electron chi connectivity index (χ0n) is 19.7. The van der Waals surface area contributed by atoms with E-state index in [2.05, 4.69) is 11.6 Å². The lowest BCUT2D eigenvalue weighted by Crippen LogP contribution is -2.34. The molecule has 0 aliphatic heterocycles. The Morgan fingerprint density at radius 1 is 1.20 bits per heavy atom. The standard InChI is InChI=1S/C26H27Cl2FN2O4/c1-4-11-34-26(33)19-8-6-5-7-18(19)25(32)31(15-17-9-10-24(28)30-14-17)22-13-23(35-16(2)3)20(27)12-21(22)29/h4,9-10,12-14,16H,1,5-8,11,15H2,2-3H3. The van der Waals surface area contributed by atoms with Gasteiger partial charge in [-0.2, -0.15) is 0 Å². The Balaban J connectivity index is 2.10. The van der Waals surface area contributed by atoms with E-state index >= 15 is 4.39 Å². The van der Waals surface area contributed by atoms with Crippen LogP contribution in [0.25, 0.3) is 0 Å². The maximum absolute atomic E-state index is 15.2. The van der Waals surface area contributed by atoms with Crippen molar-refractivity contribution in [3.05, 3.63) is 75.8 Å². The van der Waals surface area contributed by atoms with Crippen molar-refractivity contribution in [1.29, 1.82) is 0 Å². The minimum absolute atomic E-state index is 0.0127. The van der Waals surface area contributed by atoms with Crippen LogP contribution in [0.15, 0.2) is 54.3 Å². The summed E-state index contributed by atoms with van der Waals surface area (Å²) in [5.74, 6) is -1.52. The van der Waals surface area contributed by atoms with E-state index in [1.807, 2.05) is 13.8 Å². The Morgan fingerprint density at radius 3 is 2.54 bits per heavy atom. The molecule has 0 atom stereocenters. The number of ether oxygens (including phenoxy) is 2. The molecule has 1 aromatic carbocycles. The number of amides is 1. The van der Waals surface area contributed by atoms with Gasteiger partial charge in [-0.15, -0.1) is 0 Å². The zero-order chi connectivity index (χ0) is 25.5. The van der Waals surface area contributed by atoms with Crippen molar-refractivity contribution in [2.24, 2.45) is 0 Å². The van der Waals surface area contributed by atoms with Gasteiger partial charge < -0.3 is 14.4 Å². The summed E-state index contributed by atoms with van der Waals surface area (Å²) in [7, 11) is 0. The first kappa shape index (κ1) is 26.7. The van der Waals surface area contributed by atoms with Crippen molar-refractivity contribution < 1.29 is 23.5 Å². The van der Waals surface area contributed by atoms with Crippen LogP contribution in [-0.4, -0.2) is 29.6 Å². The maximum Gasteiger partial charge on any atom is 0.334 e. The molecule has 0 saturated heterocycles. The van der Waals surface area contributed by atoms with Crippen LogP contribution >= 0.6 is 23.2 Å². The second kappa shape index (κ2) is 12.2. The number of benzene rings is 1. The summed E-state index contributed by atoms with van der Waals surface area (Å²) in [6, 6.07) is 5.80. The van der Waals surface area contributed by atoms with E-state index in [1.165, 1.54) is 23.2 Å². The Bertz CT molecular complexity index is 1130. The van der Waals surface area contributed by atoms with Crippen molar-refractivity contribution in [2.45, 2.75) is 52.2 Å². The molecule has 0 radical (unpaired) electrons. The summed E-state index contributed by atoms with van der Waals surface area (Å²) in [5, 5.41) is 0.380. The van der Waals surface area contributed by atoms with E-state index in [1.54, 1.807) is 12.1 Å². The minimum atomic E-state index is -0.700. The molecule has 1 amide bonds. The van der Waals surface area contributed by atoms with Gasteiger partial charge in [0.15, 0.2) is 0 Å². The molecule has 35 heavy (non-hydrogen) atoms. The molecule has 9 heteroatoms. The van der Waals surface area contributed by atoms with Gasteiger partial charge in [0.2, 0.25) is 0 Å². The predicted octanol–water partition coefficient (Wildman–Crippen LogP) is 6.45. The van der Waals surface area contributed by atoms with Crippen molar-refractivity contribution >= 4 is 40.8 Å². The van der Waals surface area contributed by atoms with E-state index < -0.39 is 17.7 Å². The zero-order valence-corrected chi connectivity index (χ0v) is 21.2. The fourth-order valence-electron chi connectivity index (χ4n) is 3.77. The minimum Gasteiger partial charge on any atom is -0.489 e. The molecule has 1 aliphatic rings. The van der Waals surface area contributed by atoms with Gasteiger partial charge in [0.1, 0.15) is 23.3 Å². The number of esters is 1. The molecule has 186 valence electrons. The van der Waals surface area contributed by atoms with Crippen LogP contribution in [0.5, 0.6) is 5.75 Å². The first-order valence-electron chi connectivity index (χ1n) is 11.3. The normalized spacial score (nSPS) is 13.5. The molecule has 2 aromatic rings. The predicted molar refractivity (Wildman–Crippen MR) is 134 cm³/mol. The quantitative estimate of drug-likeness (QED) is 0.216. The Labute approximate surface area is 214 Å². The third-order valence-electron chi connectivity index (χ3n) is 5.33. The average molecular weight is 521 g/mol. The number of halogens is 3. The molecule has 0 saturated carbocycles. The van der Waals surface area contributed by atoms with Gasteiger partial charge >= 0.3 is 5.97 Å². The molecule has 3 rings (SSSR count). The highest BCUT2D eigenvalue weighted by molar-refractivity contribution is 6.32. The van der Waals surface area contributed by atoms with Gasteiger partial charge in [0, 0.05) is 23.4 Å². The van der Waals surface area contributed by atoms with Gasteiger partial charge in [-0.3, -0.25) is 4.79 Å². The van der Waals surface area contributed by atoms with Crippen molar-refractivity contribution in [2.75, 3.05) is 11.5 Å². The number of rotatable bonds is 9. The van der Waals surface area contributed by atoms with Gasteiger partial charge in [-0.25, -0.2) is 14.2 Å². The second-order valence-corrected chi connectivity index (χ2v) is 9.13. The van der Waals surface area contributed by atoms with Crippen LogP contribution < -0.4 is 9.64 Å². The number of nitrogens with zero attached hydrogens (tertiary/aromatic N) is 2. The number of pyridine rings is 1. The van der Waals surface area contributed by atoms with Gasteiger partial charge in [0.05, 0.1) is 23.4 Å². The molecule has 6 nitrogen and oxygen atoms in total. The second-order valence-electron chi connectivity index (χ2n) is 8.33. The van der Waals surface area contributed by atoms with Gasteiger partial charge in [0.25, 0.3) is 5.91 Å². The lowest BCUT2D eigenvalue weighted by atomic mass is 9.90. The largest absolute Gasteiger partial charge is 0.489 e. The van der Waals surface area contributed by atoms with Gasteiger partial charge in [-0.1, -0.05) is 41.9 Å². The van der Waals surface area contributed by atoms with Crippen LogP contribution in [0.4, 0.5) is 10.1 Å². The molecule has 0 unspecified atom stereocenters. The molecule has 0 fully saturated rings. The lowest BCUT2D eigenvalue weighted by molar-refractivity contribution is -0.138. The first-order chi connectivity index (χ1) is 16.7. The molecule has 1 aromatic heterocycles. The lowest BCUT2D eigenvalue weighted by Gasteiger charge is -2.28. The summed E-state index contributed by atoms with van der Waals surface area (Å²) in [5.41, 5.74) is 1.20. The maximum atomic E-state index is 15.2. The first-order valence-corrected chi connectivity index (χ1v) is 12.0. The van der Waals surface area contributed by atoms with Crippen molar-refractivity contribution in [3.63, 3.8) is 0 Å². The van der Waals surface area contributed by atoms with Gasteiger partial charge in [-0.05, 0) is 57.2 Å². The smallest absolute Gasteiger partial charge is 0.334 e. The summed E-state index contributed by atoms with van der Waals surface area (Å²) in [6.45, 7) is 7.20. The number of hydrogen-bond acceptors (Lipinski definition) is 5. The highest BCUT2D eigenvalue weighted by Gasteiger charge is 2.30. The molecule has 0 N–H and O–H groups in total. The van der Waals surface area contributed by atoms with Crippen LogP contribution in [0.1, 0.15) is 45.1 Å². The van der Waals surface area contributed by atoms with Crippen LogP contribution in [0.2, 0.25) is 10.2 Å². The Hall–Kier alpha value is -2.90. The summed E-state index contributed by atoms with van der Waals surface area (Å²) in [4.78, 5) is 31.9. The summed E-state index contributed by atoms with van der Waals surface area (Å²) < 4.78 is 26.2. The average Bonchev–Trinajstić information content (AvgIpc) is 2.83.